The number of carbonyl (C=O) groups is 1. The molecule has 1 amide bonds. The molecule has 0 aliphatic heterocycles. The van der Waals surface area contributed by atoms with Gasteiger partial charge in [-0.05, 0) is 50.5 Å². The number of anilines is 1. The maximum Gasteiger partial charge on any atom is 0.236 e. The molecule has 0 saturated heterocycles. The number of benzene rings is 1. The lowest BCUT2D eigenvalue weighted by Gasteiger charge is -2.15. The van der Waals surface area contributed by atoms with Crippen LogP contribution in [0.4, 0.5) is 5.13 Å². The van der Waals surface area contributed by atoms with Crippen molar-refractivity contribution in [2.75, 3.05) is 11.1 Å². The molecule has 0 saturated carbocycles. The summed E-state index contributed by atoms with van der Waals surface area (Å²) in [6.45, 7) is 8.01. The van der Waals surface area contributed by atoms with Crippen LogP contribution in [0.15, 0.2) is 23.4 Å². The number of amides is 1. The van der Waals surface area contributed by atoms with Crippen LogP contribution in [0.5, 0.6) is 5.75 Å². The van der Waals surface area contributed by atoms with Gasteiger partial charge in [-0.15, -0.1) is 20.4 Å². The van der Waals surface area contributed by atoms with E-state index in [4.69, 9.17) is 4.74 Å². The molecule has 2 heterocycles. The van der Waals surface area contributed by atoms with E-state index in [1.54, 1.807) is 0 Å². The minimum Gasteiger partial charge on any atom is -0.483 e. The topological polar surface area (TPSA) is 94.8 Å². The van der Waals surface area contributed by atoms with Crippen molar-refractivity contribution in [3.05, 3.63) is 40.2 Å². The lowest BCUT2D eigenvalue weighted by atomic mass is 10.1. The Hall–Kier alpha value is -2.46. The quantitative estimate of drug-likeness (QED) is 0.542. The average molecular weight is 433 g/mol. The van der Waals surface area contributed by atoms with Gasteiger partial charge in [0.1, 0.15) is 10.8 Å². The lowest BCUT2D eigenvalue weighted by molar-refractivity contribution is -0.113. The molecule has 2 aromatic heterocycles. The Morgan fingerprint density at radius 3 is 2.59 bits per heavy atom. The van der Waals surface area contributed by atoms with Gasteiger partial charge < -0.3 is 9.30 Å². The van der Waals surface area contributed by atoms with E-state index in [0.29, 0.717) is 16.1 Å². The van der Waals surface area contributed by atoms with Crippen LogP contribution in [0.3, 0.4) is 0 Å². The third-order valence-corrected chi connectivity index (χ3v) is 6.09. The number of carbonyl (C=O) groups excluding carboxylic acids is 1. The van der Waals surface area contributed by atoms with Crippen LogP contribution in [0.1, 0.15) is 41.9 Å². The van der Waals surface area contributed by atoms with Crippen LogP contribution in [0, 0.1) is 13.8 Å². The molecule has 0 bridgehead atoms. The third-order valence-electron chi connectivity index (χ3n) is 4.09. The summed E-state index contributed by atoms with van der Waals surface area (Å²) < 4.78 is 7.90. The fourth-order valence-electron chi connectivity index (χ4n) is 2.80. The molecule has 0 aliphatic rings. The van der Waals surface area contributed by atoms with Crippen LogP contribution in [-0.4, -0.2) is 36.6 Å². The number of hydrogen-bond donors (Lipinski definition) is 1. The number of nitrogens with zero attached hydrogens (tertiary/aromatic N) is 5. The molecular formula is C19H24N6O2S2. The smallest absolute Gasteiger partial charge is 0.236 e. The minimum atomic E-state index is -0.272. The zero-order chi connectivity index (χ0) is 21.0. The van der Waals surface area contributed by atoms with Crippen LogP contribution < -0.4 is 10.1 Å². The highest BCUT2D eigenvalue weighted by Crippen LogP contribution is 2.25. The Bertz CT molecular complexity index is 980. The number of aryl methyl sites for hydroxylation is 3. The normalized spacial score (nSPS) is 12.0. The Balaban J connectivity index is 1.58. The Labute approximate surface area is 178 Å². The molecule has 3 rings (SSSR count). The first-order valence-corrected chi connectivity index (χ1v) is 11.0. The highest BCUT2D eigenvalue weighted by atomic mass is 32.2. The Morgan fingerprint density at radius 1 is 1.21 bits per heavy atom. The first-order valence-electron chi connectivity index (χ1n) is 9.25. The molecule has 1 aromatic carbocycles. The van der Waals surface area contributed by atoms with Gasteiger partial charge in [-0.25, -0.2) is 0 Å². The van der Waals surface area contributed by atoms with Gasteiger partial charge in [0.05, 0.1) is 5.75 Å². The number of aromatic nitrogens is 5. The SMILES string of the molecule is CCc1nnc(NC(=O)CSc2nnc(C(C)Oc3cc(C)cc(C)c3)n2C)s1. The number of ether oxygens (including phenoxy) is 1. The van der Waals surface area contributed by atoms with Gasteiger partial charge in [0.25, 0.3) is 0 Å². The van der Waals surface area contributed by atoms with E-state index in [1.165, 1.54) is 23.1 Å². The molecule has 1 unspecified atom stereocenters. The lowest BCUT2D eigenvalue weighted by Crippen LogP contribution is -2.14. The van der Waals surface area contributed by atoms with E-state index in [0.717, 1.165) is 28.3 Å². The first kappa shape index (κ1) is 21.3. The van der Waals surface area contributed by atoms with E-state index in [2.05, 4.69) is 31.8 Å². The number of thioether (sulfide) groups is 1. The van der Waals surface area contributed by atoms with Crippen molar-refractivity contribution in [2.24, 2.45) is 7.05 Å². The van der Waals surface area contributed by atoms with Gasteiger partial charge >= 0.3 is 0 Å². The van der Waals surface area contributed by atoms with E-state index in [1.807, 2.05) is 51.4 Å². The molecule has 3 aromatic rings. The summed E-state index contributed by atoms with van der Waals surface area (Å²) in [6.07, 6.45) is 0.526. The first-order chi connectivity index (χ1) is 13.9. The summed E-state index contributed by atoms with van der Waals surface area (Å²) in [6, 6.07) is 6.10. The van der Waals surface area contributed by atoms with Gasteiger partial charge in [0.15, 0.2) is 17.1 Å². The molecule has 1 N–H and O–H groups in total. The zero-order valence-corrected chi connectivity index (χ0v) is 18.7. The highest BCUT2D eigenvalue weighted by molar-refractivity contribution is 7.99. The van der Waals surface area contributed by atoms with Gasteiger partial charge in [0.2, 0.25) is 11.0 Å². The van der Waals surface area contributed by atoms with Crippen LogP contribution in [-0.2, 0) is 18.3 Å². The summed E-state index contributed by atoms with van der Waals surface area (Å²) in [5.74, 6) is 1.55. The van der Waals surface area contributed by atoms with Crippen molar-refractivity contribution in [3.8, 4) is 5.75 Å². The van der Waals surface area contributed by atoms with Crippen LogP contribution in [0.2, 0.25) is 0 Å². The molecule has 0 aliphatic carbocycles. The Kier molecular flexibility index (Phi) is 6.86. The largest absolute Gasteiger partial charge is 0.483 e. The van der Waals surface area contributed by atoms with Crippen LogP contribution in [0.25, 0.3) is 0 Å². The number of hydrogen-bond acceptors (Lipinski definition) is 8. The highest BCUT2D eigenvalue weighted by Gasteiger charge is 2.18. The van der Waals surface area contributed by atoms with Gasteiger partial charge in [-0.2, -0.15) is 0 Å². The third kappa shape index (κ3) is 5.54. The van der Waals surface area contributed by atoms with Crippen LogP contribution >= 0.6 is 23.1 Å². The summed E-state index contributed by atoms with van der Waals surface area (Å²) in [4.78, 5) is 12.2. The maximum absolute atomic E-state index is 12.2. The maximum atomic E-state index is 12.2. The predicted molar refractivity (Wildman–Crippen MR) is 115 cm³/mol. The van der Waals surface area contributed by atoms with Crippen molar-refractivity contribution in [3.63, 3.8) is 0 Å². The molecule has 0 radical (unpaired) electrons. The molecule has 0 fully saturated rings. The van der Waals surface area contributed by atoms with Gasteiger partial charge in [-0.3, -0.25) is 10.1 Å². The van der Waals surface area contributed by atoms with Crippen molar-refractivity contribution in [1.29, 1.82) is 0 Å². The predicted octanol–water partition coefficient (Wildman–Crippen LogP) is 3.72. The fourth-order valence-corrected chi connectivity index (χ4v) is 4.21. The second-order valence-electron chi connectivity index (χ2n) is 6.67. The second-order valence-corrected chi connectivity index (χ2v) is 8.68. The summed E-state index contributed by atoms with van der Waals surface area (Å²) in [5, 5.41) is 21.2. The number of nitrogens with one attached hydrogen (secondary N) is 1. The van der Waals surface area contributed by atoms with Crippen molar-refractivity contribution >= 4 is 34.1 Å². The molecule has 1 atom stereocenters. The fraction of sp³-hybridized carbons (Fsp3) is 0.421. The molecule has 0 spiro atoms. The van der Waals surface area contributed by atoms with Gasteiger partial charge in [-0.1, -0.05) is 36.1 Å². The summed E-state index contributed by atoms with van der Waals surface area (Å²) in [5.41, 5.74) is 2.29. The summed E-state index contributed by atoms with van der Waals surface area (Å²) in [7, 11) is 1.87. The molecule has 29 heavy (non-hydrogen) atoms. The second kappa shape index (κ2) is 9.36. The standard InChI is InChI=1S/C19H24N6O2S2/c1-6-16-21-23-18(29-16)20-15(26)10-28-19-24-22-17(25(19)5)13(4)27-14-8-11(2)7-12(3)9-14/h7-9,13H,6,10H2,1-5H3,(H,20,23,26). The zero-order valence-electron chi connectivity index (χ0n) is 17.1. The van der Waals surface area contributed by atoms with Crippen molar-refractivity contribution < 1.29 is 9.53 Å². The molecule has 10 heteroatoms. The van der Waals surface area contributed by atoms with E-state index in [9.17, 15) is 4.79 Å². The van der Waals surface area contributed by atoms with E-state index in [-0.39, 0.29) is 17.8 Å². The van der Waals surface area contributed by atoms with E-state index >= 15 is 0 Å². The summed E-state index contributed by atoms with van der Waals surface area (Å²) >= 11 is 2.70. The molecule has 8 nitrogen and oxygen atoms in total. The monoisotopic (exact) mass is 432 g/mol. The Morgan fingerprint density at radius 2 is 1.93 bits per heavy atom. The average Bonchev–Trinajstić information content (AvgIpc) is 3.25. The van der Waals surface area contributed by atoms with Gasteiger partial charge in [0, 0.05) is 7.05 Å². The van der Waals surface area contributed by atoms with E-state index < -0.39 is 0 Å². The molecule has 154 valence electrons. The van der Waals surface area contributed by atoms with Crippen molar-refractivity contribution in [1.82, 2.24) is 25.0 Å². The number of rotatable bonds is 8. The molecular weight excluding hydrogens is 408 g/mol. The minimum absolute atomic E-state index is 0.155. The van der Waals surface area contributed by atoms with Crippen molar-refractivity contribution in [2.45, 2.75) is 45.4 Å².